The standard InChI is InChI=1S/C21H21ClN4S/c22-18-6-4-5-17(13-18)20-15-27-21(25-19-7-2-1-3-8-19)26(20)24-14-16-9-11-23-12-10-16/h4-6,9-15,19H,1-3,7-8H2. The lowest BCUT2D eigenvalue weighted by Gasteiger charge is -2.16. The quantitative estimate of drug-likeness (QED) is 0.546. The number of hydrogen-bond donors (Lipinski definition) is 0. The molecule has 4 nitrogen and oxygen atoms in total. The van der Waals surface area contributed by atoms with Gasteiger partial charge in [-0.3, -0.25) is 9.98 Å². The molecule has 0 saturated heterocycles. The van der Waals surface area contributed by atoms with Crippen molar-refractivity contribution in [1.82, 2.24) is 9.66 Å². The molecule has 6 heteroatoms. The van der Waals surface area contributed by atoms with E-state index in [1.54, 1.807) is 23.7 Å². The second kappa shape index (κ2) is 8.63. The second-order valence-corrected chi connectivity index (χ2v) is 7.94. The van der Waals surface area contributed by atoms with E-state index in [1.165, 1.54) is 32.1 Å². The van der Waals surface area contributed by atoms with Gasteiger partial charge in [0.25, 0.3) is 0 Å². The molecular formula is C21H21ClN4S. The highest BCUT2D eigenvalue weighted by atomic mass is 35.5. The number of pyridine rings is 1. The Morgan fingerprint density at radius 3 is 2.70 bits per heavy atom. The number of halogens is 1. The van der Waals surface area contributed by atoms with Crippen molar-refractivity contribution in [3.05, 3.63) is 69.6 Å². The van der Waals surface area contributed by atoms with Crippen LogP contribution >= 0.6 is 22.9 Å². The van der Waals surface area contributed by atoms with Crippen molar-refractivity contribution in [1.29, 1.82) is 0 Å². The summed E-state index contributed by atoms with van der Waals surface area (Å²) in [6, 6.07) is 12.1. The average molecular weight is 397 g/mol. The van der Waals surface area contributed by atoms with Gasteiger partial charge in [0.2, 0.25) is 4.80 Å². The number of rotatable bonds is 4. The minimum Gasteiger partial charge on any atom is -0.265 e. The van der Waals surface area contributed by atoms with E-state index in [1.807, 2.05) is 41.2 Å². The molecule has 0 atom stereocenters. The van der Waals surface area contributed by atoms with Crippen molar-refractivity contribution in [3.8, 4) is 11.3 Å². The van der Waals surface area contributed by atoms with E-state index in [2.05, 4.69) is 16.4 Å². The zero-order chi connectivity index (χ0) is 18.5. The lowest BCUT2D eigenvalue weighted by molar-refractivity contribution is 0.435. The minimum atomic E-state index is 0.395. The SMILES string of the molecule is Clc1cccc(-c2csc(=NC3CCCCC3)n2N=Cc2ccncc2)c1. The van der Waals surface area contributed by atoms with Crippen LogP contribution in [0.5, 0.6) is 0 Å². The van der Waals surface area contributed by atoms with E-state index >= 15 is 0 Å². The maximum absolute atomic E-state index is 6.21. The van der Waals surface area contributed by atoms with Crippen LogP contribution in [0.15, 0.2) is 64.3 Å². The molecule has 1 fully saturated rings. The van der Waals surface area contributed by atoms with Crippen LogP contribution in [0.1, 0.15) is 37.7 Å². The van der Waals surface area contributed by atoms with Gasteiger partial charge in [0.1, 0.15) is 0 Å². The molecule has 2 heterocycles. The van der Waals surface area contributed by atoms with E-state index in [0.29, 0.717) is 11.1 Å². The Balaban J connectivity index is 1.77. The van der Waals surface area contributed by atoms with Gasteiger partial charge in [-0.25, -0.2) is 4.68 Å². The van der Waals surface area contributed by atoms with Gasteiger partial charge in [0, 0.05) is 28.4 Å². The predicted octanol–water partition coefficient (Wildman–Crippen LogP) is 5.38. The molecule has 1 aromatic carbocycles. The molecule has 0 unspecified atom stereocenters. The summed E-state index contributed by atoms with van der Waals surface area (Å²) < 4.78 is 1.94. The smallest absolute Gasteiger partial charge is 0.206 e. The summed E-state index contributed by atoms with van der Waals surface area (Å²) in [6.07, 6.45) is 11.6. The number of benzene rings is 1. The molecule has 0 amide bonds. The third-order valence-corrected chi connectivity index (χ3v) is 5.77. The number of thiazole rings is 1. The van der Waals surface area contributed by atoms with Gasteiger partial charge in [0.05, 0.1) is 18.0 Å². The van der Waals surface area contributed by atoms with Crippen molar-refractivity contribution >= 4 is 29.2 Å². The van der Waals surface area contributed by atoms with E-state index in [9.17, 15) is 0 Å². The highest BCUT2D eigenvalue weighted by Gasteiger charge is 2.14. The second-order valence-electron chi connectivity index (χ2n) is 6.67. The fourth-order valence-corrected chi connectivity index (χ4v) is 4.39. The van der Waals surface area contributed by atoms with Crippen molar-refractivity contribution in [2.45, 2.75) is 38.1 Å². The Morgan fingerprint density at radius 1 is 1.11 bits per heavy atom. The van der Waals surface area contributed by atoms with Gasteiger partial charge in [-0.2, -0.15) is 5.10 Å². The van der Waals surface area contributed by atoms with Gasteiger partial charge in [-0.15, -0.1) is 11.3 Å². The summed E-state index contributed by atoms with van der Waals surface area (Å²) in [5, 5.41) is 7.57. The molecule has 0 bridgehead atoms. The highest BCUT2D eigenvalue weighted by Crippen LogP contribution is 2.24. The molecule has 4 rings (SSSR count). The van der Waals surface area contributed by atoms with Crippen molar-refractivity contribution in [2.24, 2.45) is 10.1 Å². The van der Waals surface area contributed by atoms with E-state index in [-0.39, 0.29) is 0 Å². The Labute approximate surface area is 167 Å². The summed E-state index contributed by atoms with van der Waals surface area (Å²) >= 11 is 7.84. The third kappa shape index (κ3) is 4.54. The van der Waals surface area contributed by atoms with Crippen LogP contribution in [0.2, 0.25) is 5.02 Å². The zero-order valence-electron chi connectivity index (χ0n) is 15.0. The molecule has 0 spiro atoms. The van der Waals surface area contributed by atoms with Crippen molar-refractivity contribution in [3.63, 3.8) is 0 Å². The molecule has 2 aromatic heterocycles. The van der Waals surface area contributed by atoms with Crippen LogP contribution in [-0.2, 0) is 0 Å². The first kappa shape index (κ1) is 18.1. The van der Waals surface area contributed by atoms with Gasteiger partial charge in [0.15, 0.2) is 0 Å². The fraction of sp³-hybridized carbons (Fsp3) is 0.286. The maximum Gasteiger partial charge on any atom is 0.206 e. The lowest BCUT2D eigenvalue weighted by Crippen LogP contribution is -2.19. The van der Waals surface area contributed by atoms with Gasteiger partial charge in [-0.1, -0.05) is 43.0 Å². The van der Waals surface area contributed by atoms with E-state index < -0.39 is 0 Å². The molecule has 138 valence electrons. The maximum atomic E-state index is 6.21. The number of aromatic nitrogens is 2. The van der Waals surface area contributed by atoms with Crippen LogP contribution in [0, 0.1) is 0 Å². The zero-order valence-corrected chi connectivity index (χ0v) is 16.5. The molecular weight excluding hydrogens is 376 g/mol. The van der Waals surface area contributed by atoms with Crippen molar-refractivity contribution in [2.75, 3.05) is 0 Å². The first-order valence-electron chi connectivity index (χ1n) is 9.24. The van der Waals surface area contributed by atoms with Crippen LogP contribution in [0.25, 0.3) is 11.3 Å². The number of hydrogen-bond acceptors (Lipinski definition) is 4. The summed E-state index contributed by atoms with van der Waals surface area (Å²) in [7, 11) is 0. The molecule has 27 heavy (non-hydrogen) atoms. The van der Waals surface area contributed by atoms with Crippen molar-refractivity contribution < 1.29 is 0 Å². The normalized spacial score (nSPS) is 16.3. The Bertz CT molecular complexity index is 985. The van der Waals surface area contributed by atoms with Crippen LogP contribution in [-0.4, -0.2) is 21.9 Å². The first-order valence-corrected chi connectivity index (χ1v) is 10.5. The molecule has 1 aliphatic rings. The first-order chi connectivity index (χ1) is 13.3. The summed E-state index contributed by atoms with van der Waals surface area (Å²) in [5.74, 6) is 0. The molecule has 1 saturated carbocycles. The lowest BCUT2D eigenvalue weighted by atomic mass is 9.96. The van der Waals surface area contributed by atoms with Gasteiger partial charge >= 0.3 is 0 Å². The summed E-state index contributed by atoms with van der Waals surface area (Å²) in [6.45, 7) is 0. The Morgan fingerprint density at radius 2 is 1.93 bits per heavy atom. The Kier molecular flexibility index (Phi) is 5.80. The van der Waals surface area contributed by atoms with E-state index in [4.69, 9.17) is 21.7 Å². The van der Waals surface area contributed by atoms with E-state index in [0.717, 1.165) is 21.6 Å². The summed E-state index contributed by atoms with van der Waals surface area (Å²) in [4.78, 5) is 10.0. The summed E-state index contributed by atoms with van der Waals surface area (Å²) in [5.41, 5.74) is 3.04. The highest BCUT2D eigenvalue weighted by molar-refractivity contribution is 7.07. The largest absolute Gasteiger partial charge is 0.265 e. The monoisotopic (exact) mass is 396 g/mol. The third-order valence-electron chi connectivity index (χ3n) is 4.70. The van der Waals surface area contributed by atoms with Crippen LogP contribution < -0.4 is 4.80 Å². The topological polar surface area (TPSA) is 42.5 Å². The molecule has 3 aromatic rings. The minimum absolute atomic E-state index is 0.395. The van der Waals surface area contributed by atoms with Crippen LogP contribution in [0.4, 0.5) is 0 Å². The molecule has 1 aliphatic carbocycles. The fourth-order valence-electron chi connectivity index (χ4n) is 3.29. The molecule has 0 N–H and O–H groups in total. The number of nitrogens with zero attached hydrogens (tertiary/aromatic N) is 4. The van der Waals surface area contributed by atoms with Gasteiger partial charge < -0.3 is 0 Å². The molecule has 0 radical (unpaired) electrons. The Hall–Kier alpha value is -2.24. The average Bonchev–Trinajstić information content (AvgIpc) is 3.10. The van der Waals surface area contributed by atoms with Gasteiger partial charge in [-0.05, 0) is 42.7 Å². The predicted molar refractivity (Wildman–Crippen MR) is 112 cm³/mol. The van der Waals surface area contributed by atoms with Crippen LogP contribution in [0.3, 0.4) is 0 Å². The molecule has 0 aliphatic heterocycles.